The van der Waals surface area contributed by atoms with E-state index in [2.05, 4.69) is 10.3 Å². The second kappa shape index (κ2) is 7.75. The molecule has 6 nitrogen and oxygen atoms in total. The van der Waals surface area contributed by atoms with Crippen LogP contribution in [0.3, 0.4) is 0 Å². The first-order chi connectivity index (χ1) is 11.3. The Morgan fingerprint density at radius 1 is 1.52 bits per heavy atom. The van der Waals surface area contributed by atoms with E-state index in [1.165, 1.54) is 0 Å². The summed E-state index contributed by atoms with van der Waals surface area (Å²) in [6.45, 7) is 5.28. The number of hydrogen-bond donors (Lipinski definition) is 1. The van der Waals surface area contributed by atoms with Gasteiger partial charge in [-0.25, -0.2) is 4.79 Å². The van der Waals surface area contributed by atoms with Gasteiger partial charge in [-0.15, -0.1) is 0 Å². The molecule has 0 aromatic carbocycles. The van der Waals surface area contributed by atoms with Gasteiger partial charge in [-0.1, -0.05) is 6.07 Å². The second-order valence-electron chi connectivity index (χ2n) is 6.19. The van der Waals surface area contributed by atoms with Crippen molar-refractivity contribution in [1.82, 2.24) is 15.2 Å². The third-order valence-corrected chi connectivity index (χ3v) is 4.62. The van der Waals surface area contributed by atoms with E-state index in [9.17, 15) is 4.79 Å². The minimum atomic E-state index is -0.00999. The maximum absolute atomic E-state index is 12.5. The van der Waals surface area contributed by atoms with E-state index >= 15 is 0 Å². The summed E-state index contributed by atoms with van der Waals surface area (Å²) < 4.78 is 11.4. The van der Waals surface area contributed by atoms with E-state index in [-0.39, 0.29) is 18.2 Å². The molecule has 0 radical (unpaired) electrons. The lowest BCUT2D eigenvalue weighted by Gasteiger charge is -2.37. The topological polar surface area (TPSA) is 63.7 Å². The van der Waals surface area contributed by atoms with Gasteiger partial charge < -0.3 is 19.7 Å². The molecule has 1 saturated heterocycles. The number of amides is 2. The van der Waals surface area contributed by atoms with Crippen molar-refractivity contribution in [2.45, 2.75) is 38.5 Å². The van der Waals surface area contributed by atoms with Crippen LogP contribution in [0, 0.1) is 5.92 Å². The number of urea groups is 1. The van der Waals surface area contributed by atoms with Crippen LogP contribution < -0.4 is 5.32 Å². The van der Waals surface area contributed by atoms with Crippen LogP contribution in [0.25, 0.3) is 0 Å². The monoisotopic (exact) mass is 319 g/mol. The molecule has 6 heteroatoms. The Hall–Kier alpha value is -1.66. The van der Waals surface area contributed by atoms with Crippen molar-refractivity contribution in [3.63, 3.8) is 0 Å². The Kier molecular flexibility index (Phi) is 5.46. The smallest absolute Gasteiger partial charge is 0.318 e. The van der Waals surface area contributed by atoms with E-state index in [1.807, 2.05) is 24.0 Å². The number of nitrogens with one attached hydrogen (secondary N) is 1. The summed E-state index contributed by atoms with van der Waals surface area (Å²) in [4.78, 5) is 18.6. The molecular formula is C17H25N3O3. The first-order valence-corrected chi connectivity index (χ1v) is 8.40. The third-order valence-electron chi connectivity index (χ3n) is 4.62. The number of hydrogen-bond acceptors (Lipinski definition) is 4. The summed E-state index contributed by atoms with van der Waals surface area (Å²) in [7, 11) is 0. The highest BCUT2D eigenvalue weighted by Crippen LogP contribution is 2.34. The number of carbonyl (C=O) groups is 1. The molecule has 1 aromatic heterocycles. The fourth-order valence-electron chi connectivity index (χ4n) is 3.51. The van der Waals surface area contributed by atoms with E-state index in [0.29, 0.717) is 25.6 Å². The third kappa shape index (κ3) is 4.00. The Labute approximate surface area is 137 Å². The van der Waals surface area contributed by atoms with Crippen LogP contribution in [0.4, 0.5) is 4.79 Å². The lowest BCUT2D eigenvalue weighted by atomic mass is 10.1. The summed E-state index contributed by atoms with van der Waals surface area (Å²) in [5.41, 5.74) is 1.01. The highest BCUT2D eigenvalue weighted by atomic mass is 16.5. The molecule has 2 aliphatic rings. The standard InChI is InChI=1S/C17H25N3O3/c1-2-22-12-14-8-15-16(9-14)23-7-6-20(15)17(21)19-11-13-4-3-5-18-10-13/h3-5,10,14-16H,2,6-9,11-12H2,1H3,(H,19,21)/t14-,15+,16+/m0/s1. The Bertz CT molecular complexity index is 511. The van der Waals surface area contributed by atoms with Gasteiger partial charge in [0.1, 0.15) is 0 Å². The van der Waals surface area contributed by atoms with Crippen molar-refractivity contribution >= 4 is 6.03 Å². The lowest BCUT2D eigenvalue weighted by Crippen LogP contribution is -2.54. The molecule has 2 amide bonds. The number of fused-ring (bicyclic) bond motifs is 1. The molecule has 126 valence electrons. The quantitative estimate of drug-likeness (QED) is 0.899. The number of nitrogens with zero attached hydrogens (tertiary/aromatic N) is 2. The average molecular weight is 319 g/mol. The fraction of sp³-hybridized carbons (Fsp3) is 0.647. The largest absolute Gasteiger partial charge is 0.381 e. The van der Waals surface area contributed by atoms with Gasteiger partial charge in [-0.3, -0.25) is 4.98 Å². The summed E-state index contributed by atoms with van der Waals surface area (Å²) in [5.74, 6) is 0.483. The van der Waals surface area contributed by atoms with Crippen molar-refractivity contribution < 1.29 is 14.3 Å². The van der Waals surface area contributed by atoms with Crippen molar-refractivity contribution in [2.75, 3.05) is 26.4 Å². The van der Waals surface area contributed by atoms with E-state index in [4.69, 9.17) is 9.47 Å². The minimum absolute atomic E-state index is 0.00999. The van der Waals surface area contributed by atoms with Gasteiger partial charge in [0.15, 0.2) is 0 Å². The molecule has 1 saturated carbocycles. The van der Waals surface area contributed by atoms with E-state index < -0.39 is 0 Å². The Morgan fingerprint density at radius 2 is 2.43 bits per heavy atom. The van der Waals surface area contributed by atoms with Gasteiger partial charge in [0, 0.05) is 38.7 Å². The fourth-order valence-corrected chi connectivity index (χ4v) is 3.51. The summed E-state index contributed by atoms with van der Waals surface area (Å²) in [6.07, 6.45) is 5.60. The van der Waals surface area contributed by atoms with Gasteiger partial charge in [-0.05, 0) is 37.3 Å². The zero-order valence-electron chi connectivity index (χ0n) is 13.6. The van der Waals surface area contributed by atoms with E-state index in [1.54, 1.807) is 12.4 Å². The molecule has 3 atom stereocenters. The molecular weight excluding hydrogens is 294 g/mol. The van der Waals surface area contributed by atoms with Gasteiger partial charge in [0.2, 0.25) is 0 Å². The van der Waals surface area contributed by atoms with Gasteiger partial charge in [-0.2, -0.15) is 0 Å². The van der Waals surface area contributed by atoms with Crippen molar-refractivity contribution in [3.05, 3.63) is 30.1 Å². The number of morpholine rings is 1. The van der Waals surface area contributed by atoms with E-state index in [0.717, 1.165) is 31.6 Å². The molecule has 0 spiro atoms. The zero-order valence-corrected chi connectivity index (χ0v) is 13.6. The van der Waals surface area contributed by atoms with Gasteiger partial charge in [0.05, 0.1) is 18.8 Å². The van der Waals surface area contributed by atoms with Gasteiger partial charge >= 0.3 is 6.03 Å². The normalized spacial score (nSPS) is 26.8. The molecule has 0 bridgehead atoms. The first kappa shape index (κ1) is 16.2. The lowest BCUT2D eigenvalue weighted by molar-refractivity contribution is -0.0389. The Morgan fingerprint density at radius 3 is 3.22 bits per heavy atom. The summed E-state index contributed by atoms with van der Waals surface area (Å²) >= 11 is 0. The maximum Gasteiger partial charge on any atom is 0.318 e. The number of ether oxygens (including phenoxy) is 2. The SMILES string of the molecule is CCOC[C@H]1C[C@@H]2[C@@H](C1)OCCN2C(=O)NCc1cccnc1. The first-order valence-electron chi connectivity index (χ1n) is 8.40. The van der Waals surface area contributed by atoms with Crippen LogP contribution in [0.15, 0.2) is 24.5 Å². The molecule has 1 aromatic rings. The van der Waals surface area contributed by atoms with Crippen molar-refractivity contribution in [3.8, 4) is 0 Å². The Balaban J connectivity index is 1.55. The van der Waals surface area contributed by atoms with Crippen molar-refractivity contribution in [1.29, 1.82) is 0 Å². The van der Waals surface area contributed by atoms with Crippen LogP contribution in [0.2, 0.25) is 0 Å². The number of aromatic nitrogens is 1. The molecule has 3 rings (SSSR count). The highest BCUT2D eigenvalue weighted by Gasteiger charge is 2.42. The highest BCUT2D eigenvalue weighted by molar-refractivity contribution is 5.74. The number of rotatable bonds is 5. The molecule has 2 fully saturated rings. The molecule has 2 heterocycles. The molecule has 23 heavy (non-hydrogen) atoms. The van der Waals surface area contributed by atoms with Crippen LogP contribution in [0.1, 0.15) is 25.3 Å². The summed E-state index contributed by atoms with van der Waals surface area (Å²) in [6, 6.07) is 4.00. The zero-order chi connectivity index (χ0) is 16.1. The molecule has 1 N–H and O–H groups in total. The number of carbonyl (C=O) groups excluding carboxylic acids is 1. The van der Waals surface area contributed by atoms with Crippen LogP contribution in [0.5, 0.6) is 0 Å². The molecule has 1 aliphatic carbocycles. The summed E-state index contributed by atoms with van der Waals surface area (Å²) in [5, 5.41) is 3.00. The predicted molar refractivity (Wildman–Crippen MR) is 85.9 cm³/mol. The van der Waals surface area contributed by atoms with Crippen LogP contribution in [-0.4, -0.2) is 54.4 Å². The van der Waals surface area contributed by atoms with Crippen LogP contribution in [-0.2, 0) is 16.0 Å². The predicted octanol–water partition coefficient (Wildman–Crippen LogP) is 1.81. The maximum atomic E-state index is 12.5. The minimum Gasteiger partial charge on any atom is -0.381 e. The van der Waals surface area contributed by atoms with Crippen LogP contribution >= 0.6 is 0 Å². The molecule has 0 unspecified atom stereocenters. The second-order valence-corrected chi connectivity index (χ2v) is 6.19. The molecule has 1 aliphatic heterocycles. The van der Waals surface area contributed by atoms with Gasteiger partial charge in [0.25, 0.3) is 0 Å². The van der Waals surface area contributed by atoms with Crippen molar-refractivity contribution in [2.24, 2.45) is 5.92 Å². The number of pyridine rings is 1. The average Bonchev–Trinajstić information content (AvgIpc) is 3.01.